The molecule has 1 aromatic heterocycles. The van der Waals surface area contributed by atoms with Crippen LogP contribution in [0.3, 0.4) is 0 Å². The maximum atomic E-state index is 12.4. The van der Waals surface area contributed by atoms with Crippen LogP contribution in [0.4, 0.5) is 10.5 Å². The fraction of sp³-hybridized carbons (Fsp3) is 0.154. The van der Waals surface area contributed by atoms with Gasteiger partial charge in [0.2, 0.25) is 0 Å². The molecule has 0 unspecified atom stereocenters. The Morgan fingerprint density at radius 1 is 1.26 bits per heavy atom. The van der Waals surface area contributed by atoms with Gasteiger partial charge in [-0.3, -0.25) is 4.90 Å². The molecule has 0 saturated heterocycles. The number of benzene rings is 1. The summed E-state index contributed by atoms with van der Waals surface area (Å²) in [7, 11) is 0. The summed E-state index contributed by atoms with van der Waals surface area (Å²) < 4.78 is 2.60. The zero-order valence-corrected chi connectivity index (χ0v) is 10.2. The molecule has 6 nitrogen and oxygen atoms in total. The first-order valence-electron chi connectivity index (χ1n) is 5.89. The lowest BCUT2D eigenvalue weighted by atomic mass is 10.3. The fourth-order valence-corrected chi connectivity index (χ4v) is 2.17. The number of hydrogen-bond acceptors (Lipinski definition) is 3. The molecule has 1 amide bonds. The number of allylic oxidation sites excluding steroid dienone is 1. The molecule has 6 heteroatoms. The predicted octanol–water partition coefficient (Wildman–Crippen LogP) is 1.22. The summed E-state index contributed by atoms with van der Waals surface area (Å²) in [5, 5.41) is 0. The van der Waals surface area contributed by atoms with Crippen molar-refractivity contribution in [2.75, 3.05) is 4.90 Å². The van der Waals surface area contributed by atoms with E-state index in [9.17, 15) is 9.59 Å². The van der Waals surface area contributed by atoms with Gasteiger partial charge in [-0.1, -0.05) is 24.3 Å². The van der Waals surface area contributed by atoms with E-state index in [1.807, 2.05) is 30.3 Å². The molecule has 1 aliphatic heterocycles. The molecule has 0 atom stereocenters. The molecule has 96 valence electrons. The van der Waals surface area contributed by atoms with E-state index in [0.29, 0.717) is 12.4 Å². The van der Waals surface area contributed by atoms with Gasteiger partial charge in [0.25, 0.3) is 0 Å². The van der Waals surface area contributed by atoms with Gasteiger partial charge < -0.3 is 0 Å². The second-order valence-corrected chi connectivity index (χ2v) is 4.20. The number of nitrogens with zero attached hydrogens (tertiary/aromatic N) is 4. The number of amides is 1. The highest BCUT2D eigenvalue weighted by molar-refractivity contribution is 5.95. The van der Waals surface area contributed by atoms with Gasteiger partial charge in [0, 0.05) is 5.69 Å². The van der Waals surface area contributed by atoms with Crippen molar-refractivity contribution in [2.24, 2.45) is 0 Å². The van der Waals surface area contributed by atoms with E-state index in [2.05, 4.69) is 11.6 Å². The summed E-state index contributed by atoms with van der Waals surface area (Å²) in [5.41, 5.74) is 0.367. The van der Waals surface area contributed by atoms with E-state index >= 15 is 0 Å². The zero-order valence-electron chi connectivity index (χ0n) is 10.2. The Morgan fingerprint density at radius 3 is 2.68 bits per heavy atom. The maximum Gasteiger partial charge on any atom is 0.364 e. The van der Waals surface area contributed by atoms with Gasteiger partial charge in [0.1, 0.15) is 0 Å². The summed E-state index contributed by atoms with van der Waals surface area (Å²) in [6, 6.07) is 9.04. The van der Waals surface area contributed by atoms with Crippen LogP contribution < -0.4 is 10.6 Å². The molecule has 0 aliphatic carbocycles. The standard InChI is InChI=1S/C13H12N4O2/c1-2-8-16-12(18)14-11-9-15(13(19)17(11)16)10-6-4-3-5-7-10/h2-7H,1,8-9H2. The lowest BCUT2D eigenvalue weighted by Gasteiger charge is -2.15. The predicted molar refractivity (Wildman–Crippen MR) is 70.1 cm³/mol. The normalized spacial score (nSPS) is 13.7. The third-order valence-electron chi connectivity index (χ3n) is 3.01. The molecule has 1 aliphatic rings. The van der Waals surface area contributed by atoms with Crippen molar-refractivity contribution >= 4 is 11.7 Å². The van der Waals surface area contributed by atoms with Gasteiger partial charge in [-0.25, -0.2) is 14.3 Å². The molecule has 2 aromatic rings. The second kappa shape index (κ2) is 4.24. The smallest absolute Gasteiger partial charge is 0.285 e. The van der Waals surface area contributed by atoms with E-state index in [0.717, 1.165) is 5.69 Å². The van der Waals surface area contributed by atoms with Gasteiger partial charge in [-0.05, 0) is 12.1 Å². The van der Waals surface area contributed by atoms with E-state index < -0.39 is 5.69 Å². The first-order valence-corrected chi connectivity index (χ1v) is 5.89. The number of carbonyl (C=O) groups excluding carboxylic acids is 1. The summed E-state index contributed by atoms with van der Waals surface area (Å²) in [4.78, 5) is 29.5. The lowest BCUT2D eigenvalue weighted by molar-refractivity contribution is 0.244. The van der Waals surface area contributed by atoms with E-state index in [-0.39, 0.29) is 12.6 Å². The van der Waals surface area contributed by atoms with Gasteiger partial charge in [0.15, 0.2) is 5.82 Å². The van der Waals surface area contributed by atoms with Crippen molar-refractivity contribution in [3.63, 3.8) is 0 Å². The Morgan fingerprint density at radius 2 is 2.00 bits per heavy atom. The highest BCUT2D eigenvalue weighted by atomic mass is 16.2. The number of para-hydroxylation sites is 1. The van der Waals surface area contributed by atoms with E-state index in [1.54, 1.807) is 11.0 Å². The number of aromatic nitrogens is 3. The summed E-state index contributed by atoms with van der Waals surface area (Å²) >= 11 is 0. The van der Waals surface area contributed by atoms with Gasteiger partial charge in [-0.2, -0.15) is 9.67 Å². The van der Waals surface area contributed by atoms with Crippen LogP contribution in [0.15, 0.2) is 47.8 Å². The van der Waals surface area contributed by atoms with Crippen molar-refractivity contribution in [3.8, 4) is 0 Å². The molecule has 0 radical (unpaired) electrons. The van der Waals surface area contributed by atoms with Crippen molar-refractivity contribution in [2.45, 2.75) is 13.1 Å². The van der Waals surface area contributed by atoms with Gasteiger partial charge >= 0.3 is 11.7 Å². The van der Waals surface area contributed by atoms with Crippen molar-refractivity contribution < 1.29 is 4.79 Å². The average molecular weight is 256 g/mol. The molecule has 0 saturated carbocycles. The van der Waals surface area contributed by atoms with E-state index in [1.165, 1.54) is 9.36 Å². The number of carbonyl (C=O) groups is 1. The van der Waals surface area contributed by atoms with Crippen LogP contribution >= 0.6 is 0 Å². The third-order valence-corrected chi connectivity index (χ3v) is 3.01. The quantitative estimate of drug-likeness (QED) is 0.776. The molecule has 0 fully saturated rings. The molecular weight excluding hydrogens is 244 g/mol. The Balaban J connectivity index is 2.04. The van der Waals surface area contributed by atoms with Gasteiger partial charge in [0.05, 0.1) is 13.1 Å². The molecule has 19 heavy (non-hydrogen) atoms. The Kier molecular flexibility index (Phi) is 2.56. The van der Waals surface area contributed by atoms with Crippen molar-refractivity contribution in [1.29, 1.82) is 0 Å². The monoisotopic (exact) mass is 256 g/mol. The highest BCUT2D eigenvalue weighted by Crippen LogP contribution is 2.22. The Hall–Kier alpha value is -2.63. The molecule has 0 N–H and O–H groups in total. The largest absolute Gasteiger partial charge is 0.364 e. The van der Waals surface area contributed by atoms with Crippen molar-refractivity contribution in [3.05, 3.63) is 59.3 Å². The number of rotatable bonds is 3. The molecule has 0 spiro atoms. The minimum Gasteiger partial charge on any atom is -0.285 e. The molecule has 2 heterocycles. The molecule has 3 rings (SSSR count). The first-order chi connectivity index (χ1) is 9.22. The maximum absolute atomic E-state index is 12.4. The lowest BCUT2D eigenvalue weighted by Crippen LogP contribution is -2.33. The van der Waals surface area contributed by atoms with Crippen molar-refractivity contribution in [1.82, 2.24) is 14.3 Å². The molecule has 1 aromatic carbocycles. The highest BCUT2D eigenvalue weighted by Gasteiger charge is 2.32. The SMILES string of the molecule is C=CCn1c(=O)nc2n1C(=O)N(c1ccccc1)C2. The van der Waals surface area contributed by atoms with Crippen LogP contribution in [0.2, 0.25) is 0 Å². The zero-order chi connectivity index (χ0) is 13.4. The number of fused-ring (bicyclic) bond motifs is 1. The van der Waals surface area contributed by atoms with Crippen LogP contribution in [-0.4, -0.2) is 20.4 Å². The first kappa shape index (κ1) is 11.5. The Labute approximate surface area is 109 Å². The average Bonchev–Trinajstić information content (AvgIpc) is 2.89. The minimum atomic E-state index is -0.420. The molecular formula is C13H12N4O2. The molecule has 0 bridgehead atoms. The second-order valence-electron chi connectivity index (χ2n) is 4.20. The van der Waals surface area contributed by atoms with Crippen LogP contribution in [-0.2, 0) is 13.1 Å². The van der Waals surface area contributed by atoms with Crippen LogP contribution in [0.1, 0.15) is 5.82 Å². The van der Waals surface area contributed by atoms with Crippen LogP contribution in [0.5, 0.6) is 0 Å². The van der Waals surface area contributed by atoms with Gasteiger partial charge in [-0.15, -0.1) is 6.58 Å². The summed E-state index contributed by atoms with van der Waals surface area (Å²) in [6.45, 7) is 4.15. The summed E-state index contributed by atoms with van der Waals surface area (Å²) in [6.07, 6.45) is 1.56. The fourth-order valence-electron chi connectivity index (χ4n) is 2.17. The summed E-state index contributed by atoms with van der Waals surface area (Å²) in [5.74, 6) is 0.459. The number of anilines is 1. The number of hydrogen-bond donors (Lipinski definition) is 0. The van der Waals surface area contributed by atoms with Crippen LogP contribution in [0, 0.1) is 0 Å². The topological polar surface area (TPSA) is 60.1 Å². The van der Waals surface area contributed by atoms with Crippen LogP contribution in [0.25, 0.3) is 0 Å². The minimum absolute atomic E-state index is 0.264. The van der Waals surface area contributed by atoms with E-state index in [4.69, 9.17) is 0 Å². The Bertz CT molecular complexity index is 699. The third kappa shape index (κ3) is 1.69.